The van der Waals surface area contributed by atoms with E-state index in [-0.39, 0.29) is 0 Å². The van der Waals surface area contributed by atoms with Gasteiger partial charge in [0.1, 0.15) is 0 Å². The van der Waals surface area contributed by atoms with Crippen LogP contribution in [0.3, 0.4) is 0 Å². The molecule has 1 saturated carbocycles. The lowest BCUT2D eigenvalue weighted by Crippen LogP contribution is -2.27. The maximum atomic E-state index is 5.90. The van der Waals surface area contributed by atoms with E-state index in [9.17, 15) is 0 Å². The number of hydrogen-bond acceptors (Lipinski definition) is 2. The average Bonchev–Trinajstić information content (AvgIpc) is 2.63. The topological polar surface area (TPSA) is 29.3 Å². The predicted molar refractivity (Wildman–Crippen MR) is 43.9 cm³/mol. The predicted octanol–water partition coefficient (Wildman–Crippen LogP) is 0.675. The first kappa shape index (κ1) is 8.02. The minimum atomic E-state index is 0.474. The Morgan fingerprint density at radius 2 is 2.10 bits per heavy atom. The Kier molecular flexibility index (Phi) is 2.69. The summed E-state index contributed by atoms with van der Waals surface area (Å²) in [5, 5.41) is 0. The monoisotopic (exact) mass is 142 g/mol. The van der Waals surface area contributed by atoms with E-state index < -0.39 is 0 Å². The van der Waals surface area contributed by atoms with E-state index in [2.05, 4.69) is 19.0 Å². The van der Waals surface area contributed by atoms with Gasteiger partial charge in [-0.15, -0.1) is 0 Å². The smallest absolute Gasteiger partial charge is 0.00793 e. The van der Waals surface area contributed by atoms with Crippen LogP contribution in [-0.4, -0.2) is 31.6 Å². The van der Waals surface area contributed by atoms with Crippen LogP contribution in [0.1, 0.15) is 19.3 Å². The van der Waals surface area contributed by atoms with E-state index in [1.165, 1.54) is 12.8 Å². The zero-order valence-electron chi connectivity index (χ0n) is 7.01. The van der Waals surface area contributed by atoms with Crippen molar-refractivity contribution in [3.05, 3.63) is 0 Å². The molecular formula is C8H18N2. The van der Waals surface area contributed by atoms with Gasteiger partial charge >= 0.3 is 0 Å². The molecule has 2 nitrogen and oxygen atoms in total. The zero-order chi connectivity index (χ0) is 7.56. The fraction of sp³-hybridized carbons (Fsp3) is 1.00. The van der Waals surface area contributed by atoms with Gasteiger partial charge in [0, 0.05) is 6.04 Å². The van der Waals surface area contributed by atoms with Crippen LogP contribution in [0.5, 0.6) is 0 Å². The summed E-state index contributed by atoms with van der Waals surface area (Å²) in [5.41, 5.74) is 5.90. The van der Waals surface area contributed by atoms with Crippen LogP contribution < -0.4 is 5.73 Å². The second kappa shape index (κ2) is 3.35. The van der Waals surface area contributed by atoms with Gasteiger partial charge in [0.25, 0.3) is 0 Å². The summed E-state index contributed by atoms with van der Waals surface area (Å²) < 4.78 is 0. The zero-order valence-corrected chi connectivity index (χ0v) is 7.01. The SMILES string of the molecule is CN(C)CCC(N)C1CC1. The summed E-state index contributed by atoms with van der Waals surface area (Å²) in [6, 6.07) is 0.474. The lowest BCUT2D eigenvalue weighted by Gasteiger charge is -2.13. The van der Waals surface area contributed by atoms with Crippen molar-refractivity contribution in [2.24, 2.45) is 11.7 Å². The molecule has 10 heavy (non-hydrogen) atoms. The minimum Gasteiger partial charge on any atom is -0.327 e. The number of hydrogen-bond donors (Lipinski definition) is 1. The van der Waals surface area contributed by atoms with Gasteiger partial charge in [-0.25, -0.2) is 0 Å². The van der Waals surface area contributed by atoms with Crippen LogP contribution in [0.4, 0.5) is 0 Å². The maximum absolute atomic E-state index is 5.90. The van der Waals surface area contributed by atoms with Crippen molar-refractivity contribution < 1.29 is 0 Å². The van der Waals surface area contributed by atoms with Crippen LogP contribution in [0.2, 0.25) is 0 Å². The molecule has 0 aromatic rings. The molecule has 1 fully saturated rings. The van der Waals surface area contributed by atoms with Crippen LogP contribution in [0, 0.1) is 5.92 Å². The second-order valence-electron chi connectivity index (χ2n) is 3.59. The summed E-state index contributed by atoms with van der Waals surface area (Å²) >= 11 is 0. The quantitative estimate of drug-likeness (QED) is 0.625. The Morgan fingerprint density at radius 1 is 1.50 bits per heavy atom. The number of nitrogens with two attached hydrogens (primary N) is 1. The first-order chi connectivity index (χ1) is 4.70. The van der Waals surface area contributed by atoms with Gasteiger partial charge in [-0.05, 0) is 45.8 Å². The molecular weight excluding hydrogens is 124 g/mol. The molecule has 0 aliphatic heterocycles. The van der Waals surface area contributed by atoms with Crippen LogP contribution >= 0.6 is 0 Å². The molecule has 0 spiro atoms. The summed E-state index contributed by atoms with van der Waals surface area (Å²) in [6.07, 6.45) is 3.90. The Labute approximate surface area is 63.4 Å². The minimum absolute atomic E-state index is 0.474. The molecule has 1 unspecified atom stereocenters. The van der Waals surface area contributed by atoms with E-state index in [0.29, 0.717) is 6.04 Å². The molecule has 0 aromatic carbocycles. The third-order valence-electron chi connectivity index (χ3n) is 2.14. The molecule has 0 saturated heterocycles. The van der Waals surface area contributed by atoms with Crippen LogP contribution in [-0.2, 0) is 0 Å². The van der Waals surface area contributed by atoms with Gasteiger partial charge in [-0.2, -0.15) is 0 Å². The molecule has 2 N–H and O–H groups in total. The lowest BCUT2D eigenvalue weighted by atomic mass is 10.1. The molecule has 60 valence electrons. The summed E-state index contributed by atoms with van der Waals surface area (Å²) in [6.45, 7) is 1.14. The fourth-order valence-electron chi connectivity index (χ4n) is 1.17. The Bertz CT molecular complexity index is 97.4. The van der Waals surface area contributed by atoms with Gasteiger partial charge in [-0.1, -0.05) is 0 Å². The highest BCUT2D eigenvalue weighted by Gasteiger charge is 2.27. The first-order valence-electron chi connectivity index (χ1n) is 4.10. The molecule has 0 bridgehead atoms. The van der Waals surface area contributed by atoms with Gasteiger partial charge in [-0.3, -0.25) is 0 Å². The van der Waals surface area contributed by atoms with Gasteiger partial charge in [0.2, 0.25) is 0 Å². The van der Waals surface area contributed by atoms with Gasteiger partial charge in [0.15, 0.2) is 0 Å². The Morgan fingerprint density at radius 3 is 2.50 bits per heavy atom. The molecule has 0 amide bonds. The standard InChI is InChI=1S/C8H18N2/c1-10(2)6-5-8(9)7-3-4-7/h7-8H,3-6,9H2,1-2H3. The van der Waals surface area contributed by atoms with E-state index in [1.54, 1.807) is 0 Å². The van der Waals surface area contributed by atoms with Gasteiger partial charge in [0.05, 0.1) is 0 Å². The lowest BCUT2D eigenvalue weighted by molar-refractivity contribution is 0.370. The van der Waals surface area contributed by atoms with Crippen molar-refractivity contribution in [1.29, 1.82) is 0 Å². The van der Waals surface area contributed by atoms with Crippen molar-refractivity contribution in [3.8, 4) is 0 Å². The summed E-state index contributed by atoms with van der Waals surface area (Å²) in [4.78, 5) is 2.20. The van der Waals surface area contributed by atoms with E-state index >= 15 is 0 Å². The molecule has 1 atom stereocenters. The molecule has 1 rings (SSSR count). The summed E-state index contributed by atoms with van der Waals surface area (Å²) in [7, 11) is 4.19. The third kappa shape index (κ3) is 2.67. The summed E-state index contributed by atoms with van der Waals surface area (Å²) in [5.74, 6) is 0.861. The second-order valence-corrected chi connectivity index (χ2v) is 3.59. The fourth-order valence-corrected chi connectivity index (χ4v) is 1.17. The van der Waals surface area contributed by atoms with Gasteiger partial charge < -0.3 is 10.6 Å². The van der Waals surface area contributed by atoms with E-state index in [1.807, 2.05) is 0 Å². The number of nitrogens with zero attached hydrogens (tertiary/aromatic N) is 1. The highest BCUT2D eigenvalue weighted by Crippen LogP contribution is 2.32. The highest BCUT2D eigenvalue weighted by atomic mass is 15.0. The van der Waals surface area contributed by atoms with Crippen molar-refractivity contribution in [3.63, 3.8) is 0 Å². The van der Waals surface area contributed by atoms with Crippen LogP contribution in [0.25, 0.3) is 0 Å². The molecule has 2 heteroatoms. The highest BCUT2D eigenvalue weighted by molar-refractivity contribution is 4.83. The van der Waals surface area contributed by atoms with Crippen molar-refractivity contribution >= 4 is 0 Å². The van der Waals surface area contributed by atoms with E-state index in [4.69, 9.17) is 5.73 Å². The Hall–Kier alpha value is -0.0800. The van der Waals surface area contributed by atoms with Crippen molar-refractivity contribution in [2.75, 3.05) is 20.6 Å². The molecule has 0 aromatic heterocycles. The first-order valence-corrected chi connectivity index (χ1v) is 4.10. The van der Waals surface area contributed by atoms with Crippen LogP contribution in [0.15, 0.2) is 0 Å². The van der Waals surface area contributed by atoms with Crippen molar-refractivity contribution in [1.82, 2.24) is 4.90 Å². The average molecular weight is 142 g/mol. The largest absolute Gasteiger partial charge is 0.327 e. The third-order valence-corrected chi connectivity index (χ3v) is 2.14. The molecule has 0 heterocycles. The normalized spacial score (nSPS) is 21.6. The number of rotatable bonds is 4. The van der Waals surface area contributed by atoms with Crippen molar-refractivity contribution in [2.45, 2.75) is 25.3 Å². The molecule has 1 aliphatic carbocycles. The maximum Gasteiger partial charge on any atom is 0.00793 e. The Balaban J connectivity index is 2.00. The van der Waals surface area contributed by atoms with E-state index in [0.717, 1.165) is 18.9 Å². The molecule has 1 aliphatic rings. The molecule has 0 radical (unpaired) electrons.